The summed E-state index contributed by atoms with van der Waals surface area (Å²) in [6, 6.07) is 16.4. The Morgan fingerprint density at radius 2 is 1.43 bits per heavy atom. The number of allylic oxidation sites excluding steroid dienone is 2. The molecule has 1 aliphatic heterocycles. The lowest BCUT2D eigenvalue weighted by atomic mass is 9.84. The van der Waals surface area contributed by atoms with Gasteiger partial charge in [0.2, 0.25) is 0 Å². The molecule has 142 valence electrons. The van der Waals surface area contributed by atoms with Gasteiger partial charge in [-0.1, -0.05) is 60.7 Å². The Balaban J connectivity index is 2.04. The van der Waals surface area contributed by atoms with Crippen LogP contribution in [0.15, 0.2) is 72.0 Å². The summed E-state index contributed by atoms with van der Waals surface area (Å²) >= 11 is 0. The Morgan fingerprint density at radius 3 is 1.96 bits per heavy atom. The zero-order valence-corrected chi connectivity index (χ0v) is 15.4. The first-order valence-electron chi connectivity index (χ1n) is 8.68. The van der Waals surface area contributed by atoms with Crippen LogP contribution in [0.25, 0.3) is 0 Å². The second kappa shape index (κ2) is 8.00. The number of esters is 1. The lowest BCUT2D eigenvalue weighted by Crippen LogP contribution is -2.45. The molecular weight excluding hydrogens is 360 g/mol. The minimum Gasteiger partial charge on any atom is -0.457 e. The maximum Gasteiger partial charge on any atom is 0.305 e. The summed E-state index contributed by atoms with van der Waals surface area (Å²) in [5.74, 6) is -4.00. The van der Waals surface area contributed by atoms with E-state index in [4.69, 9.17) is 9.47 Å². The predicted molar refractivity (Wildman–Crippen MR) is 99.4 cm³/mol. The van der Waals surface area contributed by atoms with Crippen LogP contribution >= 0.6 is 0 Å². The first-order valence-corrected chi connectivity index (χ1v) is 8.68. The Hall–Kier alpha value is -3.54. The SMILES string of the molecule is CC(=O)OC1OC(C)=C(C(=O)c2ccccc2)C(=O)C1C(=O)c1ccccc1. The zero-order valence-electron chi connectivity index (χ0n) is 15.4. The molecule has 6 nitrogen and oxygen atoms in total. The number of ether oxygens (including phenoxy) is 2. The average molecular weight is 378 g/mol. The summed E-state index contributed by atoms with van der Waals surface area (Å²) in [4.78, 5) is 50.5. The van der Waals surface area contributed by atoms with Crippen molar-refractivity contribution >= 4 is 23.3 Å². The van der Waals surface area contributed by atoms with Crippen LogP contribution in [0.4, 0.5) is 0 Å². The number of Topliss-reactive ketones (excluding diaryl/α,β-unsaturated/α-hetero) is 3. The molecule has 0 saturated heterocycles. The Kier molecular flexibility index (Phi) is 5.49. The van der Waals surface area contributed by atoms with Gasteiger partial charge in [0, 0.05) is 18.1 Å². The van der Waals surface area contributed by atoms with Crippen LogP contribution in [0, 0.1) is 5.92 Å². The number of benzene rings is 2. The van der Waals surface area contributed by atoms with Crippen molar-refractivity contribution in [2.75, 3.05) is 0 Å². The molecule has 0 aromatic heterocycles. The van der Waals surface area contributed by atoms with Gasteiger partial charge in [0.15, 0.2) is 23.3 Å². The van der Waals surface area contributed by atoms with Crippen molar-refractivity contribution in [3.63, 3.8) is 0 Å². The van der Waals surface area contributed by atoms with Crippen molar-refractivity contribution in [1.82, 2.24) is 0 Å². The molecule has 1 heterocycles. The molecule has 0 saturated carbocycles. The maximum absolute atomic E-state index is 13.2. The number of carbonyl (C=O) groups excluding carboxylic acids is 4. The molecule has 0 amide bonds. The maximum atomic E-state index is 13.2. The van der Waals surface area contributed by atoms with Gasteiger partial charge in [-0.25, -0.2) is 0 Å². The van der Waals surface area contributed by atoms with Gasteiger partial charge in [0.05, 0.1) is 0 Å². The van der Waals surface area contributed by atoms with Crippen LogP contribution in [0.1, 0.15) is 34.6 Å². The fourth-order valence-corrected chi connectivity index (χ4v) is 3.04. The molecule has 0 radical (unpaired) electrons. The lowest BCUT2D eigenvalue weighted by Gasteiger charge is -2.31. The molecule has 2 aromatic rings. The Bertz CT molecular complexity index is 959. The third kappa shape index (κ3) is 3.76. The van der Waals surface area contributed by atoms with Crippen LogP contribution in [0.5, 0.6) is 0 Å². The van der Waals surface area contributed by atoms with Crippen LogP contribution in [0.3, 0.4) is 0 Å². The smallest absolute Gasteiger partial charge is 0.305 e. The minimum absolute atomic E-state index is 0.0159. The van der Waals surface area contributed by atoms with E-state index >= 15 is 0 Å². The highest BCUT2D eigenvalue weighted by Crippen LogP contribution is 2.31. The van der Waals surface area contributed by atoms with Gasteiger partial charge >= 0.3 is 5.97 Å². The quantitative estimate of drug-likeness (QED) is 0.344. The van der Waals surface area contributed by atoms with Gasteiger partial charge in [-0.05, 0) is 6.92 Å². The fourth-order valence-electron chi connectivity index (χ4n) is 3.04. The average Bonchev–Trinajstić information content (AvgIpc) is 2.68. The van der Waals surface area contributed by atoms with Crippen LogP contribution < -0.4 is 0 Å². The van der Waals surface area contributed by atoms with E-state index in [1.54, 1.807) is 60.7 Å². The molecular formula is C22H18O6. The number of carbonyl (C=O) groups is 4. The van der Waals surface area contributed by atoms with Crippen LogP contribution in [-0.4, -0.2) is 29.6 Å². The van der Waals surface area contributed by atoms with E-state index in [1.165, 1.54) is 6.92 Å². The Labute approximate surface area is 161 Å². The Morgan fingerprint density at radius 1 is 0.893 bits per heavy atom. The van der Waals surface area contributed by atoms with E-state index in [0.717, 1.165) is 6.92 Å². The zero-order chi connectivity index (χ0) is 20.3. The normalized spacial score (nSPS) is 19.0. The molecule has 2 atom stereocenters. The highest BCUT2D eigenvalue weighted by Gasteiger charge is 2.46. The van der Waals surface area contributed by atoms with Crippen molar-refractivity contribution in [2.24, 2.45) is 5.92 Å². The van der Waals surface area contributed by atoms with Crippen molar-refractivity contribution in [3.8, 4) is 0 Å². The molecule has 3 rings (SSSR count). The summed E-state index contributed by atoms with van der Waals surface area (Å²) in [6.45, 7) is 2.59. The monoisotopic (exact) mass is 378 g/mol. The van der Waals surface area contributed by atoms with Crippen molar-refractivity contribution in [1.29, 1.82) is 0 Å². The van der Waals surface area contributed by atoms with E-state index < -0.39 is 35.5 Å². The van der Waals surface area contributed by atoms with E-state index in [0.29, 0.717) is 5.56 Å². The highest BCUT2D eigenvalue weighted by molar-refractivity contribution is 6.31. The van der Waals surface area contributed by atoms with E-state index in [9.17, 15) is 19.2 Å². The standard InChI is InChI=1S/C22H18O6/c1-13-17(19(24)15-9-5-3-6-10-15)21(26)18(22(27-13)28-14(2)23)20(25)16-11-7-4-8-12-16/h3-12,18,22H,1-2H3. The number of hydrogen-bond donors (Lipinski definition) is 0. The van der Waals surface area contributed by atoms with Gasteiger partial charge in [0.25, 0.3) is 6.29 Å². The van der Waals surface area contributed by atoms with Gasteiger partial charge in [-0.2, -0.15) is 0 Å². The second-order valence-corrected chi connectivity index (χ2v) is 6.29. The van der Waals surface area contributed by atoms with Gasteiger partial charge in [-0.3, -0.25) is 19.2 Å². The topological polar surface area (TPSA) is 86.7 Å². The fraction of sp³-hybridized carbons (Fsp3) is 0.182. The molecule has 0 spiro atoms. The second-order valence-electron chi connectivity index (χ2n) is 6.29. The third-order valence-corrected chi connectivity index (χ3v) is 4.33. The highest BCUT2D eigenvalue weighted by atomic mass is 16.7. The van der Waals surface area contributed by atoms with Crippen molar-refractivity contribution in [3.05, 3.63) is 83.1 Å². The van der Waals surface area contributed by atoms with Crippen molar-refractivity contribution in [2.45, 2.75) is 20.1 Å². The van der Waals surface area contributed by atoms with Crippen LogP contribution in [-0.2, 0) is 19.1 Å². The van der Waals surface area contributed by atoms with Crippen molar-refractivity contribution < 1.29 is 28.7 Å². The minimum atomic E-state index is -1.46. The third-order valence-electron chi connectivity index (χ3n) is 4.33. The van der Waals surface area contributed by atoms with Crippen LogP contribution in [0.2, 0.25) is 0 Å². The van der Waals surface area contributed by atoms with Gasteiger partial charge in [-0.15, -0.1) is 0 Å². The summed E-state index contributed by atoms with van der Waals surface area (Å²) in [6.07, 6.45) is -1.43. The van der Waals surface area contributed by atoms with Gasteiger partial charge in [0.1, 0.15) is 11.3 Å². The molecule has 2 unspecified atom stereocenters. The summed E-state index contributed by atoms with van der Waals surface area (Å²) in [7, 11) is 0. The van der Waals surface area contributed by atoms with Gasteiger partial charge < -0.3 is 9.47 Å². The summed E-state index contributed by atoms with van der Waals surface area (Å²) in [5, 5.41) is 0. The molecule has 0 bridgehead atoms. The molecule has 6 heteroatoms. The largest absolute Gasteiger partial charge is 0.457 e. The number of hydrogen-bond acceptors (Lipinski definition) is 6. The summed E-state index contributed by atoms with van der Waals surface area (Å²) in [5.41, 5.74) is 0.335. The molecule has 2 aromatic carbocycles. The molecule has 1 aliphatic rings. The molecule has 0 aliphatic carbocycles. The predicted octanol–water partition coefficient (Wildman–Crippen LogP) is 3.13. The van der Waals surface area contributed by atoms with E-state index in [1.807, 2.05) is 0 Å². The van der Waals surface area contributed by atoms with E-state index in [2.05, 4.69) is 0 Å². The number of rotatable bonds is 5. The summed E-state index contributed by atoms with van der Waals surface area (Å²) < 4.78 is 10.6. The number of ketones is 3. The first-order chi connectivity index (χ1) is 13.4. The molecule has 28 heavy (non-hydrogen) atoms. The first kappa shape index (κ1) is 19.2. The lowest BCUT2D eigenvalue weighted by molar-refractivity contribution is -0.179. The molecule has 0 N–H and O–H groups in total. The molecule has 0 fully saturated rings. The van der Waals surface area contributed by atoms with E-state index in [-0.39, 0.29) is 16.9 Å².